The number of rotatable bonds is 13. The van der Waals surface area contributed by atoms with Crippen molar-refractivity contribution >= 4 is 41.8 Å². The van der Waals surface area contributed by atoms with Crippen molar-refractivity contribution in [1.29, 1.82) is 0 Å². The molecule has 2 saturated heterocycles. The van der Waals surface area contributed by atoms with Crippen molar-refractivity contribution in [1.82, 2.24) is 0 Å². The van der Waals surface area contributed by atoms with E-state index >= 15 is 0 Å². The molecular weight excluding hydrogens is 764 g/mol. The molecule has 14 heteroatoms. The van der Waals surface area contributed by atoms with Gasteiger partial charge in [0.2, 0.25) is 0 Å². The Morgan fingerprint density at radius 3 is 1.59 bits per heavy atom. The third-order valence-electron chi connectivity index (χ3n) is 15.8. The van der Waals surface area contributed by atoms with Gasteiger partial charge in [-0.1, -0.05) is 20.8 Å². The van der Waals surface area contributed by atoms with E-state index in [4.69, 9.17) is 33.2 Å². The second-order valence-corrected chi connectivity index (χ2v) is 20.2. The molecule has 14 nitrogen and oxygen atoms in total. The molecule has 6 aliphatic carbocycles. The van der Waals surface area contributed by atoms with Crippen LogP contribution in [0.4, 0.5) is 0 Å². The third kappa shape index (κ3) is 7.76. The normalized spacial score (nSPS) is 36.3. The Balaban J connectivity index is 0.000000181. The minimum Gasteiger partial charge on any atom is -0.459 e. The second kappa shape index (κ2) is 16.0. The van der Waals surface area contributed by atoms with Crippen molar-refractivity contribution < 1.29 is 66.7 Å². The summed E-state index contributed by atoms with van der Waals surface area (Å²) in [6, 6.07) is 0. The maximum absolute atomic E-state index is 13.2. The van der Waals surface area contributed by atoms with Crippen molar-refractivity contribution in [3.63, 3.8) is 0 Å². The van der Waals surface area contributed by atoms with Crippen LogP contribution in [0.5, 0.6) is 0 Å². The zero-order valence-electron chi connectivity index (χ0n) is 36.0. The van der Waals surface area contributed by atoms with Gasteiger partial charge < -0.3 is 33.2 Å². The van der Waals surface area contributed by atoms with Crippen molar-refractivity contribution in [3.8, 4) is 0 Å². The van der Waals surface area contributed by atoms with Gasteiger partial charge in [-0.25, -0.2) is 4.79 Å². The largest absolute Gasteiger partial charge is 0.459 e. The highest BCUT2D eigenvalue weighted by Gasteiger charge is 2.72. The Morgan fingerprint density at radius 2 is 1.10 bits per heavy atom. The molecule has 59 heavy (non-hydrogen) atoms. The first-order chi connectivity index (χ1) is 27.8. The van der Waals surface area contributed by atoms with E-state index in [1.54, 1.807) is 13.8 Å². The molecule has 4 bridgehead atoms. The third-order valence-corrected chi connectivity index (χ3v) is 15.8. The first-order valence-electron chi connectivity index (χ1n) is 22.2. The molecule has 6 saturated carbocycles. The molecule has 12 unspecified atom stereocenters. The highest BCUT2D eigenvalue weighted by Crippen LogP contribution is 2.61. The molecule has 0 radical (unpaired) electrons. The van der Waals surface area contributed by atoms with Crippen LogP contribution in [-0.2, 0) is 66.7 Å². The van der Waals surface area contributed by atoms with Gasteiger partial charge in [0.1, 0.15) is 35.6 Å². The van der Waals surface area contributed by atoms with Gasteiger partial charge in [0.05, 0.1) is 34.5 Å². The van der Waals surface area contributed by atoms with Crippen LogP contribution in [0.1, 0.15) is 139 Å². The van der Waals surface area contributed by atoms with Gasteiger partial charge in [0, 0.05) is 23.7 Å². The summed E-state index contributed by atoms with van der Waals surface area (Å²) in [5.74, 6) is -5.77. The van der Waals surface area contributed by atoms with E-state index in [0.717, 1.165) is 57.8 Å². The second-order valence-electron chi connectivity index (χ2n) is 20.2. The Hall–Kier alpha value is -3.71. The van der Waals surface area contributed by atoms with Crippen LogP contribution in [0.3, 0.4) is 0 Å². The molecule has 2 heterocycles. The number of hydrogen-bond acceptors (Lipinski definition) is 14. The van der Waals surface area contributed by atoms with E-state index in [1.165, 1.54) is 0 Å². The first kappa shape index (κ1) is 43.4. The highest BCUT2D eigenvalue weighted by molar-refractivity contribution is 5.88. The monoisotopic (exact) mass is 828 g/mol. The predicted molar refractivity (Wildman–Crippen MR) is 206 cm³/mol. The smallest absolute Gasteiger partial charge is 0.344 e. The Bertz CT molecular complexity index is 1700. The molecular formula is C45H64O14. The lowest BCUT2D eigenvalue weighted by atomic mass is 9.78. The number of carbonyl (C=O) groups excluding carboxylic acids is 7. The molecule has 0 amide bonds. The van der Waals surface area contributed by atoms with Crippen molar-refractivity contribution in [2.45, 2.75) is 174 Å². The first-order valence-corrected chi connectivity index (χ1v) is 22.2. The Morgan fingerprint density at radius 1 is 0.644 bits per heavy atom. The standard InChI is InChI=1S/C24H34O8.C21H30O6/c1-5-23(3,4)22(28)29-12-15(25)30-18-14-11-13-16(20(26)31-19(13)18)17(14)21(27)32-24(6-2)9-7-8-10-24;1-5-20(2,3)19(24)26-16-12-10-11-13(17(22)25-15(11)16)14(12)18(23)27-21(4)8-6-7-9-21/h13-14,16-19H,5-12H2,1-4H3;11-16H,5-10H2,1-4H3. The van der Waals surface area contributed by atoms with E-state index in [1.807, 2.05) is 41.5 Å². The summed E-state index contributed by atoms with van der Waals surface area (Å²) >= 11 is 0. The quantitative estimate of drug-likeness (QED) is 0.156. The van der Waals surface area contributed by atoms with Gasteiger partial charge in [-0.2, -0.15) is 0 Å². The SMILES string of the molecule is CCC(C)(C)C(=O)OC1C2CC3C1OC(=O)C3C2C(=O)OC1(C)CCCC1.CCC1(OC(=O)C2C3CC4C(OC(=O)C42)C3OC(=O)COC(=O)C(C)(C)CC)CCCC1. The Labute approximate surface area is 347 Å². The van der Waals surface area contributed by atoms with Crippen LogP contribution < -0.4 is 0 Å². The zero-order valence-corrected chi connectivity index (χ0v) is 36.0. The van der Waals surface area contributed by atoms with Gasteiger partial charge in [-0.15, -0.1) is 0 Å². The van der Waals surface area contributed by atoms with Crippen LogP contribution in [-0.4, -0.2) is 84.0 Å². The van der Waals surface area contributed by atoms with Crippen LogP contribution in [0.2, 0.25) is 0 Å². The molecule has 8 rings (SSSR count). The minimum atomic E-state index is -0.716. The summed E-state index contributed by atoms with van der Waals surface area (Å²) in [6.07, 6.45) is 8.61. The molecule has 12 atom stereocenters. The predicted octanol–water partition coefficient (Wildman–Crippen LogP) is 5.97. The summed E-state index contributed by atoms with van der Waals surface area (Å²) in [5.41, 5.74) is -2.17. The van der Waals surface area contributed by atoms with Crippen molar-refractivity contribution in [2.75, 3.05) is 6.61 Å². The maximum atomic E-state index is 13.2. The fourth-order valence-corrected chi connectivity index (χ4v) is 11.4. The molecule has 328 valence electrons. The average molecular weight is 829 g/mol. The van der Waals surface area contributed by atoms with Gasteiger partial charge in [0.25, 0.3) is 0 Å². The van der Waals surface area contributed by atoms with E-state index < -0.39 is 94.6 Å². The maximum Gasteiger partial charge on any atom is 0.344 e. The topological polar surface area (TPSA) is 184 Å². The molecule has 8 fully saturated rings. The van der Waals surface area contributed by atoms with Gasteiger partial charge >= 0.3 is 41.8 Å². The molecule has 0 aromatic rings. The van der Waals surface area contributed by atoms with Crippen LogP contribution in [0.25, 0.3) is 0 Å². The highest BCUT2D eigenvalue weighted by atomic mass is 16.6. The molecule has 0 N–H and O–H groups in total. The van der Waals surface area contributed by atoms with Gasteiger partial charge in [-0.05, 0) is 118 Å². The summed E-state index contributed by atoms with van der Waals surface area (Å²) in [6.45, 7) is 14.5. The number of fused-ring (bicyclic) bond motifs is 2. The summed E-state index contributed by atoms with van der Waals surface area (Å²) in [5, 5.41) is 0. The van der Waals surface area contributed by atoms with E-state index in [9.17, 15) is 33.6 Å². The lowest BCUT2D eigenvalue weighted by Gasteiger charge is -2.34. The molecule has 0 aromatic heterocycles. The van der Waals surface area contributed by atoms with E-state index in [-0.39, 0.29) is 47.5 Å². The molecule has 2 aliphatic heterocycles. The van der Waals surface area contributed by atoms with E-state index in [0.29, 0.717) is 25.7 Å². The van der Waals surface area contributed by atoms with Gasteiger partial charge in [-0.3, -0.25) is 28.8 Å². The number of ether oxygens (including phenoxy) is 7. The lowest BCUT2D eigenvalue weighted by molar-refractivity contribution is -0.178. The van der Waals surface area contributed by atoms with Crippen molar-refractivity contribution in [2.24, 2.45) is 58.2 Å². The van der Waals surface area contributed by atoms with Crippen LogP contribution >= 0.6 is 0 Å². The molecule has 0 spiro atoms. The minimum absolute atomic E-state index is 0.0426. The fraction of sp³-hybridized carbons (Fsp3) is 0.844. The van der Waals surface area contributed by atoms with Crippen LogP contribution in [0.15, 0.2) is 0 Å². The molecule has 0 aromatic carbocycles. The Kier molecular flexibility index (Phi) is 11.7. The summed E-state index contributed by atoms with van der Waals surface area (Å²) in [7, 11) is 0. The molecule has 8 aliphatic rings. The number of hydrogen-bond donors (Lipinski definition) is 0. The summed E-state index contributed by atoms with van der Waals surface area (Å²) < 4.78 is 39.5. The van der Waals surface area contributed by atoms with E-state index in [2.05, 4.69) is 0 Å². The van der Waals surface area contributed by atoms with Gasteiger partial charge in [0.15, 0.2) is 6.61 Å². The van der Waals surface area contributed by atoms with Crippen molar-refractivity contribution in [3.05, 3.63) is 0 Å². The van der Waals surface area contributed by atoms with Crippen LogP contribution in [0, 0.1) is 58.2 Å². The number of carbonyl (C=O) groups is 7. The number of esters is 7. The fourth-order valence-electron chi connectivity index (χ4n) is 11.4. The lowest BCUT2D eigenvalue weighted by Crippen LogP contribution is -2.46. The summed E-state index contributed by atoms with van der Waals surface area (Å²) in [4.78, 5) is 88.5. The zero-order chi connectivity index (χ0) is 42.8. The average Bonchev–Trinajstić information content (AvgIpc) is 4.07.